The molecule has 0 unspecified atom stereocenters. The molecule has 1 saturated carbocycles. The summed E-state index contributed by atoms with van der Waals surface area (Å²) >= 11 is 8.73. The van der Waals surface area contributed by atoms with Crippen LogP contribution >= 0.6 is 28.1 Å². The highest BCUT2D eigenvalue weighted by atomic mass is 79.9. The molecule has 1 aliphatic carbocycles. The molecule has 0 spiro atoms. The van der Waals surface area contributed by atoms with Gasteiger partial charge in [0.1, 0.15) is 0 Å². The number of hydrazone groups is 1. The number of nitrogens with one attached hydrogen (secondary N) is 2. The van der Waals surface area contributed by atoms with Crippen LogP contribution in [-0.4, -0.2) is 31.6 Å². The fourth-order valence-electron chi connectivity index (χ4n) is 2.64. The van der Waals surface area contributed by atoms with Gasteiger partial charge in [-0.2, -0.15) is 5.10 Å². The Morgan fingerprint density at radius 1 is 1.26 bits per heavy atom. The quantitative estimate of drug-likeness (QED) is 0.450. The molecule has 0 radical (unpaired) electrons. The molecular weight excluding hydrogens is 378 g/mol. The lowest BCUT2D eigenvalue weighted by molar-refractivity contribution is 0.353. The van der Waals surface area contributed by atoms with Gasteiger partial charge in [0, 0.05) is 6.04 Å². The first kappa shape index (κ1) is 18.0. The molecule has 2 rings (SSSR count). The van der Waals surface area contributed by atoms with Gasteiger partial charge < -0.3 is 14.8 Å². The Balaban J connectivity index is 1.92. The van der Waals surface area contributed by atoms with E-state index in [1.54, 1.807) is 20.4 Å². The number of halogens is 1. The fourth-order valence-corrected chi connectivity index (χ4v) is 3.48. The summed E-state index contributed by atoms with van der Waals surface area (Å²) in [6.07, 6.45) is 7.90. The van der Waals surface area contributed by atoms with Crippen LogP contribution in [0.2, 0.25) is 0 Å². The molecule has 0 bridgehead atoms. The van der Waals surface area contributed by atoms with E-state index in [1.165, 1.54) is 32.1 Å². The van der Waals surface area contributed by atoms with Crippen molar-refractivity contribution in [3.05, 3.63) is 22.2 Å². The van der Waals surface area contributed by atoms with Crippen molar-refractivity contribution in [3.8, 4) is 11.5 Å². The molecule has 0 aromatic heterocycles. The number of benzene rings is 1. The molecular formula is C16H22BrN3O2S. The van der Waals surface area contributed by atoms with Crippen LogP contribution in [0.5, 0.6) is 11.5 Å². The van der Waals surface area contributed by atoms with E-state index in [0.29, 0.717) is 22.7 Å². The summed E-state index contributed by atoms with van der Waals surface area (Å²) in [7, 11) is 3.21. The van der Waals surface area contributed by atoms with E-state index in [9.17, 15) is 0 Å². The van der Waals surface area contributed by atoms with Gasteiger partial charge in [0.25, 0.3) is 0 Å². The van der Waals surface area contributed by atoms with Gasteiger partial charge in [-0.05, 0) is 58.7 Å². The maximum Gasteiger partial charge on any atom is 0.187 e. The molecule has 2 N–H and O–H groups in total. The van der Waals surface area contributed by atoms with Gasteiger partial charge in [0.05, 0.1) is 24.9 Å². The Bertz CT molecular complexity index is 575. The zero-order chi connectivity index (χ0) is 16.7. The summed E-state index contributed by atoms with van der Waals surface area (Å²) in [6, 6.07) is 4.23. The largest absolute Gasteiger partial charge is 0.493 e. The number of rotatable bonds is 5. The van der Waals surface area contributed by atoms with Gasteiger partial charge in [-0.25, -0.2) is 0 Å². The Labute approximate surface area is 150 Å². The first-order valence-electron chi connectivity index (χ1n) is 7.65. The second kappa shape index (κ2) is 9.08. The minimum Gasteiger partial charge on any atom is -0.493 e. The molecule has 0 aliphatic heterocycles. The maximum absolute atomic E-state index is 5.31. The molecule has 5 nitrogen and oxygen atoms in total. The van der Waals surface area contributed by atoms with Crippen molar-refractivity contribution >= 4 is 39.5 Å². The van der Waals surface area contributed by atoms with E-state index < -0.39 is 0 Å². The smallest absolute Gasteiger partial charge is 0.187 e. The minimum atomic E-state index is 0.467. The number of hydrogen-bond acceptors (Lipinski definition) is 4. The lowest BCUT2D eigenvalue weighted by Crippen LogP contribution is -2.40. The summed E-state index contributed by atoms with van der Waals surface area (Å²) in [5.74, 6) is 1.30. The predicted molar refractivity (Wildman–Crippen MR) is 101 cm³/mol. The van der Waals surface area contributed by atoms with Crippen LogP contribution < -0.4 is 20.2 Å². The first-order valence-corrected chi connectivity index (χ1v) is 8.85. The van der Waals surface area contributed by atoms with E-state index in [0.717, 1.165) is 10.0 Å². The molecule has 0 amide bonds. The van der Waals surface area contributed by atoms with Crippen LogP contribution in [0.1, 0.15) is 37.7 Å². The predicted octanol–water partition coefficient (Wildman–Crippen LogP) is 3.60. The molecule has 1 aromatic carbocycles. The lowest BCUT2D eigenvalue weighted by Gasteiger charge is -2.23. The van der Waals surface area contributed by atoms with Crippen molar-refractivity contribution in [3.63, 3.8) is 0 Å². The molecule has 1 fully saturated rings. The van der Waals surface area contributed by atoms with Gasteiger partial charge in [0.2, 0.25) is 0 Å². The SMILES string of the molecule is COc1cc(/C=N\NC(=S)NC2CCCCC2)cc(Br)c1OC. The Hall–Kier alpha value is -1.34. The van der Waals surface area contributed by atoms with E-state index in [-0.39, 0.29) is 0 Å². The van der Waals surface area contributed by atoms with Crippen molar-refractivity contribution in [1.82, 2.24) is 10.7 Å². The average Bonchev–Trinajstić information content (AvgIpc) is 2.55. The summed E-state index contributed by atoms with van der Waals surface area (Å²) in [4.78, 5) is 0. The van der Waals surface area contributed by atoms with Crippen LogP contribution in [0.15, 0.2) is 21.7 Å². The first-order chi connectivity index (χ1) is 11.1. The number of ether oxygens (including phenoxy) is 2. The zero-order valence-corrected chi connectivity index (χ0v) is 15.8. The molecule has 1 aliphatic rings. The Morgan fingerprint density at radius 3 is 2.65 bits per heavy atom. The topological polar surface area (TPSA) is 54.9 Å². The van der Waals surface area contributed by atoms with E-state index >= 15 is 0 Å². The molecule has 126 valence electrons. The second-order valence-corrected chi connectivity index (χ2v) is 6.68. The lowest BCUT2D eigenvalue weighted by atomic mass is 9.96. The average molecular weight is 400 g/mol. The highest BCUT2D eigenvalue weighted by Crippen LogP contribution is 2.35. The van der Waals surface area contributed by atoms with E-state index in [1.807, 2.05) is 12.1 Å². The molecule has 0 atom stereocenters. The molecule has 1 aromatic rings. The van der Waals surface area contributed by atoms with Crippen molar-refractivity contribution in [2.45, 2.75) is 38.1 Å². The van der Waals surface area contributed by atoms with Gasteiger partial charge in [0.15, 0.2) is 16.6 Å². The Kier molecular flexibility index (Phi) is 7.11. The number of nitrogens with zero attached hydrogens (tertiary/aromatic N) is 1. The van der Waals surface area contributed by atoms with Crippen molar-refractivity contribution < 1.29 is 9.47 Å². The third kappa shape index (κ3) is 5.35. The normalized spacial score (nSPS) is 15.4. The highest BCUT2D eigenvalue weighted by Gasteiger charge is 2.13. The van der Waals surface area contributed by atoms with Gasteiger partial charge in [-0.3, -0.25) is 5.43 Å². The molecule has 23 heavy (non-hydrogen) atoms. The van der Waals surface area contributed by atoms with Crippen LogP contribution in [-0.2, 0) is 0 Å². The number of hydrogen-bond donors (Lipinski definition) is 2. The van der Waals surface area contributed by atoms with Crippen LogP contribution in [0, 0.1) is 0 Å². The van der Waals surface area contributed by atoms with Gasteiger partial charge >= 0.3 is 0 Å². The van der Waals surface area contributed by atoms with Crippen LogP contribution in [0.3, 0.4) is 0 Å². The zero-order valence-electron chi connectivity index (χ0n) is 13.4. The second-order valence-electron chi connectivity index (χ2n) is 5.42. The highest BCUT2D eigenvalue weighted by molar-refractivity contribution is 9.10. The van der Waals surface area contributed by atoms with E-state index in [4.69, 9.17) is 21.7 Å². The minimum absolute atomic E-state index is 0.467. The van der Waals surface area contributed by atoms with Gasteiger partial charge in [-0.15, -0.1) is 0 Å². The third-order valence-electron chi connectivity index (χ3n) is 3.78. The number of methoxy groups -OCH3 is 2. The standard InChI is InChI=1S/C16H22BrN3O2S/c1-21-14-9-11(8-13(17)15(14)22-2)10-18-20-16(23)19-12-6-4-3-5-7-12/h8-10,12H,3-7H2,1-2H3,(H2,19,20,23)/b18-10-. The van der Waals surface area contributed by atoms with Crippen LogP contribution in [0.25, 0.3) is 0 Å². The Morgan fingerprint density at radius 2 is 2.00 bits per heavy atom. The summed E-state index contributed by atoms with van der Waals surface area (Å²) in [5, 5.41) is 8.06. The van der Waals surface area contributed by atoms with Crippen molar-refractivity contribution in [2.24, 2.45) is 5.10 Å². The molecule has 7 heteroatoms. The van der Waals surface area contributed by atoms with E-state index in [2.05, 4.69) is 31.8 Å². The van der Waals surface area contributed by atoms with Gasteiger partial charge in [-0.1, -0.05) is 19.3 Å². The third-order valence-corrected chi connectivity index (χ3v) is 4.57. The summed E-state index contributed by atoms with van der Waals surface area (Å²) in [5.41, 5.74) is 3.74. The fraction of sp³-hybridized carbons (Fsp3) is 0.500. The maximum atomic E-state index is 5.31. The number of thiocarbonyl (C=S) groups is 1. The van der Waals surface area contributed by atoms with Crippen molar-refractivity contribution in [2.75, 3.05) is 14.2 Å². The summed E-state index contributed by atoms with van der Waals surface area (Å²) < 4.78 is 11.4. The monoisotopic (exact) mass is 399 g/mol. The molecule has 0 heterocycles. The summed E-state index contributed by atoms with van der Waals surface area (Å²) in [6.45, 7) is 0. The molecule has 0 saturated heterocycles. The van der Waals surface area contributed by atoms with Crippen molar-refractivity contribution in [1.29, 1.82) is 0 Å². The van der Waals surface area contributed by atoms with Crippen LogP contribution in [0.4, 0.5) is 0 Å².